The molecular formula is C21H27N3O3S2. The molecule has 0 aliphatic heterocycles. The van der Waals surface area contributed by atoms with E-state index < -0.39 is 0 Å². The largest absolute Gasteiger partial charge is 0.484 e. The van der Waals surface area contributed by atoms with Crippen LogP contribution < -0.4 is 15.4 Å². The third-order valence-electron chi connectivity index (χ3n) is 4.73. The van der Waals surface area contributed by atoms with Crippen molar-refractivity contribution in [3.63, 3.8) is 0 Å². The molecule has 8 heteroatoms. The van der Waals surface area contributed by atoms with E-state index in [4.69, 9.17) is 4.74 Å². The van der Waals surface area contributed by atoms with E-state index in [0.717, 1.165) is 41.4 Å². The van der Waals surface area contributed by atoms with Gasteiger partial charge < -0.3 is 15.4 Å². The number of carbonyl (C=O) groups is 2. The molecule has 0 unspecified atom stereocenters. The molecule has 156 valence electrons. The molecule has 2 aromatic rings. The number of thiazole rings is 1. The summed E-state index contributed by atoms with van der Waals surface area (Å²) >= 11 is 3.57. The van der Waals surface area contributed by atoms with Gasteiger partial charge in [-0.05, 0) is 56.9 Å². The average molecular weight is 434 g/mol. The predicted molar refractivity (Wildman–Crippen MR) is 118 cm³/mol. The highest BCUT2D eigenvalue weighted by atomic mass is 32.2. The van der Waals surface area contributed by atoms with Crippen molar-refractivity contribution < 1.29 is 14.3 Å². The number of benzene rings is 1. The van der Waals surface area contributed by atoms with Crippen LogP contribution in [0.2, 0.25) is 0 Å². The Balaban J connectivity index is 1.35. The second-order valence-electron chi connectivity index (χ2n) is 7.13. The summed E-state index contributed by atoms with van der Waals surface area (Å²) in [4.78, 5) is 28.1. The van der Waals surface area contributed by atoms with Crippen molar-refractivity contribution in [1.82, 2.24) is 10.3 Å². The lowest BCUT2D eigenvalue weighted by atomic mass is 9.95. The molecule has 1 aromatic heterocycles. The van der Waals surface area contributed by atoms with E-state index >= 15 is 0 Å². The lowest BCUT2D eigenvalue weighted by molar-refractivity contribution is -0.124. The summed E-state index contributed by atoms with van der Waals surface area (Å²) in [7, 11) is 0. The van der Waals surface area contributed by atoms with Gasteiger partial charge in [-0.3, -0.25) is 9.59 Å². The molecule has 29 heavy (non-hydrogen) atoms. The van der Waals surface area contributed by atoms with E-state index in [-0.39, 0.29) is 24.5 Å². The molecule has 0 atom stereocenters. The fourth-order valence-electron chi connectivity index (χ4n) is 3.16. The monoisotopic (exact) mass is 433 g/mol. The van der Waals surface area contributed by atoms with Crippen LogP contribution in [0.25, 0.3) is 0 Å². The smallest absolute Gasteiger partial charge is 0.258 e. The summed E-state index contributed by atoms with van der Waals surface area (Å²) in [6.45, 7) is 3.82. The van der Waals surface area contributed by atoms with E-state index in [2.05, 4.69) is 21.0 Å². The minimum absolute atomic E-state index is 0.00621. The van der Waals surface area contributed by atoms with Crippen LogP contribution in [0, 0.1) is 6.92 Å². The molecule has 1 saturated carbocycles. The molecule has 1 fully saturated rings. The van der Waals surface area contributed by atoms with Crippen LogP contribution in [-0.2, 0) is 9.59 Å². The lowest BCUT2D eigenvalue weighted by Gasteiger charge is -2.28. The summed E-state index contributed by atoms with van der Waals surface area (Å²) in [5.74, 6) is 0.474. The number of ether oxygens (including phenoxy) is 1. The van der Waals surface area contributed by atoms with Gasteiger partial charge in [-0.15, -0.1) is 11.3 Å². The molecule has 3 rings (SSSR count). The number of aryl methyl sites for hydroxylation is 1. The summed E-state index contributed by atoms with van der Waals surface area (Å²) < 4.78 is 6.70. The summed E-state index contributed by atoms with van der Waals surface area (Å²) in [6, 6.07) is 7.25. The average Bonchev–Trinajstić information content (AvgIpc) is 3.13. The van der Waals surface area contributed by atoms with Crippen molar-refractivity contribution in [2.45, 2.75) is 61.6 Å². The van der Waals surface area contributed by atoms with Crippen molar-refractivity contribution in [2.75, 3.05) is 11.9 Å². The highest BCUT2D eigenvalue weighted by molar-refractivity contribution is 8.01. The maximum atomic E-state index is 12.2. The Bertz CT molecular complexity index is 815. The Hall–Kier alpha value is -2.06. The number of hydrogen-bond donors (Lipinski definition) is 2. The topological polar surface area (TPSA) is 80.3 Å². The van der Waals surface area contributed by atoms with Gasteiger partial charge in [0.05, 0.1) is 0 Å². The van der Waals surface area contributed by atoms with Crippen molar-refractivity contribution in [3.8, 4) is 5.75 Å². The predicted octanol–water partition coefficient (Wildman–Crippen LogP) is 4.40. The van der Waals surface area contributed by atoms with Crippen molar-refractivity contribution in [1.29, 1.82) is 0 Å². The molecule has 1 aliphatic carbocycles. The molecule has 1 aromatic carbocycles. The molecule has 0 bridgehead atoms. The van der Waals surface area contributed by atoms with E-state index in [1.807, 2.05) is 18.7 Å². The molecule has 2 amide bonds. The second-order valence-corrected chi connectivity index (χ2v) is 9.53. The first kappa shape index (κ1) is 21.6. The number of thioether (sulfide) groups is 1. The summed E-state index contributed by atoms with van der Waals surface area (Å²) in [6.07, 6.45) is 4.57. The number of anilines is 1. The zero-order chi connectivity index (χ0) is 20.6. The molecule has 0 saturated heterocycles. The zero-order valence-electron chi connectivity index (χ0n) is 16.8. The normalized spacial score (nSPS) is 18.8. The maximum absolute atomic E-state index is 12.2. The van der Waals surface area contributed by atoms with Gasteiger partial charge in [0, 0.05) is 34.5 Å². The SMILES string of the molecule is CCC(=O)Nc1ccc(OCC(=O)NC2CCC(Sc3nc(C)cs3)CC2)cc1. The minimum Gasteiger partial charge on any atom is -0.484 e. The number of nitrogens with zero attached hydrogens (tertiary/aromatic N) is 1. The summed E-state index contributed by atoms with van der Waals surface area (Å²) in [5.41, 5.74) is 1.80. The first-order valence-corrected chi connectivity index (χ1v) is 11.7. The Morgan fingerprint density at radius 2 is 1.90 bits per heavy atom. The van der Waals surface area contributed by atoms with Gasteiger partial charge >= 0.3 is 0 Å². The first-order chi connectivity index (χ1) is 14.0. The molecular weight excluding hydrogens is 406 g/mol. The van der Waals surface area contributed by atoms with E-state index in [1.54, 1.807) is 42.5 Å². The number of hydrogen-bond acceptors (Lipinski definition) is 6. The van der Waals surface area contributed by atoms with Gasteiger partial charge in [0.2, 0.25) is 5.91 Å². The van der Waals surface area contributed by atoms with Crippen molar-refractivity contribution in [3.05, 3.63) is 35.3 Å². The lowest BCUT2D eigenvalue weighted by Crippen LogP contribution is -2.40. The van der Waals surface area contributed by atoms with Crippen LogP contribution in [-0.4, -0.2) is 34.7 Å². The van der Waals surface area contributed by atoms with Crippen LogP contribution in [0.5, 0.6) is 5.75 Å². The highest BCUT2D eigenvalue weighted by Crippen LogP contribution is 2.35. The van der Waals surface area contributed by atoms with Crippen LogP contribution >= 0.6 is 23.1 Å². The van der Waals surface area contributed by atoms with Gasteiger partial charge in [0.15, 0.2) is 6.61 Å². The molecule has 2 N–H and O–H groups in total. The van der Waals surface area contributed by atoms with E-state index in [0.29, 0.717) is 17.4 Å². The number of amides is 2. The van der Waals surface area contributed by atoms with Gasteiger partial charge in [0.25, 0.3) is 5.91 Å². The third kappa shape index (κ3) is 7.04. The Morgan fingerprint density at radius 3 is 2.52 bits per heavy atom. The zero-order valence-corrected chi connectivity index (χ0v) is 18.4. The minimum atomic E-state index is -0.0972. The molecule has 6 nitrogen and oxygen atoms in total. The first-order valence-electron chi connectivity index (χ1n) is 9.92. The number of nitrogens with one attached hydrogen (secondary N) is 2. The third-order valence-corrected chi connectivity index (χ3v) is 7.16. The van der Waals surface area contributed by atoms with Gasteiger partial charge in [-0.2, -0.15) is 0 Å². The van der Waals surface area contributed by atoms with Crippen molar-refractivity contribution >= 4 is 40.6 Å². The fraction of sp³-hybridized carbons (Fsp3) is 0.476. The van der Waals surface area contributed by atoms with Gasteiger partial charge in [-0.25, -0.2) is 4.98 Å². The Labute approximate surface area is 179 Å². The number of aromatic nitrogens is 1. The Kier molecular flexibility index (Phi) is 7.94. The molecule has 1 heterocycles. The molecule has 1 aliphatic rings. The van der Waals surface area contributed by atoms with Crippen molar-refractivity contribution in [2.24, 2.45) is 0 Å². The van der Waals surface area contributed by atoms with Gasteiger partial charge in [-0.1, -0.05) is 18.7 Å². The van der Waals surface area contributed by atoms with E-state index in [1.165, 1.54) is 0 Å². The Morgan fingerprint density at radius 1 is 1.17 bits per heavy atom. The van der Waals surface area contributed by atoms with Crippen LogP contribution in [0.15, 0.2) is 34.0 Å². The van der Waals surface area contributed by atoms with Gasteiger partial charge in [0.1, 0.15) is 10.1 Å². The summed E-state index contributed by atoms with van der Waals surface area (Å²) in [5, 5.41) is 8.52. The van der Waals surface area contributed by atoms with Crippen LogP contribution in [0.1, 0.15) is 44.7 Å². The van der Waals surface area contributed by atoms with E-state index in [9.17, 15) is 9.59 Å². The molecule has 0 spiro atoms. The van der Waals surface area contributed by atoms with Crippen LogP contribution in [0.3, 0.4) is 0 Å². The molecule has 0 radical (unpaired) electrons. The highest BCUT2D eigenvalue weighted by Gasteiger charge is 2.24. The fourth-order valence-corrected chi connectivity index (χ4v) is 5.44. The standard InChI is InChI=1S/C21H27N3O3S2/c1-3-19(25)23-15-4-8-17(9-5-15)27-12-20(26)24-16-6-10-18(11-7-16)29-21-22-14(2)13-28-21/h4-5,8-9,13,16,18H,3,6-7,10-12H2,1-2H3,(H,23,25)(H,24,26). The van der Waals surface area contributed by atoms with Crippen LogP contribution in [0.4, 0.5) is 5.69 Å². The second kappa shape index (κ2) is 10.6. The maximum Gasteiger partial charge on any atom is 0.258 e. The number of carbonyl (C=O) groups excluding carboxylic acids is 2. The number of rotatable bonds is 8. The quantitative estimate of drug-likeness (QED) is 0.645.